The van der Waals surface area contributed by atoms with Crippen LogP contribution < -0.4 is 0 Å². The van der Waals surface area contributed by atoms with Crippen molar-refractivity contribution in [3.8, 4) is 0 Å². The normalized spacial score (nSPS) is 27.0. The van der Waals surface area contributed by atoms with Crippen LogP contribution in [0.15, 0.2) is 24.3 Å². The molecule has 1 spiro atoms. The molecular weight excluding hydrogens is 278 g/mol. The zero-order chi connectivity index (χ0) is 15.0. The maximum absolute atomic E-state index is 11.4. The molecule has 0 radical (unpaired) electrons. The standard InChI is InChI=1S/C14H15NO6/c16-13(17)12-11(20-14(21-12)7-3-4-8-14)9-5-1-2-6-10(9)15(18)19/h1-2,5-6,11-12H,3-4,7-8H2,(H,16,17). The average molecular weight is 293 g/mol. The summed E-state index contributed by atoms with van der Waals surface area (Å²) in [6.07, 6.45) is 0.861. The van der Waals surface area contributed by atoms with Crippen molar-refractivity contribution in [3.63, 3.8) is 0 Å². The van der Waals surface area contributed by atoms with Crippen LogP contribution in [0.1, 0.15) is 37.4 Å². The third-order valence-electron chi connectivity index (χ3n) is 4.01. The predicted octanol–water partition coefficient (Wildman–Crippen LogP) is 2.41. The first-order valence-electron chi connectivity index (χ1n) is 6.84. The molecule has 112 valence electrons. The van der Waals surface area contributed by atoms with Crippen molar-refractivity contribution in [1.29, 1.82) is 0 Å². The highest BCUT2D eigenvalue weighted by Crippen LogP contribution is 2.48. The summed E-state index contributed by atoms with van der Waals surface area (Å²) in [5.41, 5.74) is 0.103. The van der Waals surface area contributed by atoms with Gasteiger partial charge < -0.3 is 14.6 Å². The molecule has 1 saturated heterocycles. The van der Waals surface area contributed by atoms with Gasteiger partial charge in [0.1, 0.15) is 6.10 Å². The van der Waals surface area contributed by atoms with Gasteiger partial charge in [0.15, 0.2) is 11.9 Å². The van der Waals surface area contributed by atoms with E-state index in [1.807, 2.05) is 0 Å². The van der Waals surface area contributed by atoms with Gasteiger partial charge in [-0.15, -0.1) is 0 Å². The number of rotatable bonds is 3. The minimum atomic E-state index is -1.22. The lowest BCUT2D eigenvalue weighted by atomic mass is 10.0. The lowest BCUT2D eigenvalue weighted by Gasteiger charge is -2.21. The number of benzene rings is 1. The molecule has 2 aliphatic rings. The number of hydrogen-bond donors (Lipinski definition) is 1. The Hall–Kier alpha value is -1.99. The second-order valence-electron chi connectivity index (χ2n) is 5.35. The highest BCUT2D eigenvalue weighted by molar-refractivity contribution is 5.74. The van der Waals surface area contributed by atoms with Gasteiger partial charge in [0, 0.05) is 18.9 Å². The van der Waals surface area contributed by atoms with E-state index in [1.54, 1.807) is 12.1 Å². The van der Waals surface area contributed by atoms with Crippen LogP contribution in [0.4, 0.5) is 5.69 Å². The number of nitrogens with zero attached hydrogens (tertiary/aromatic N) is 1. The van der Waals surface area contributed by atoms with E-state index in [1.165, 1.54) is 12.1 Å². The molecule has 0 bridgehead atoms. The van der Waals surface area contributed by atoms with Gasteiger partial charge in [-0.1, -0.05) is 12.1 Å². The second kappa shape index (κ2) is 5.09. The van der Waals surface area contributed by atoms with E-state index in [9.17, 15) is 20.0 Å². The molecule has 1 heterocycles. The molecule has 21 heavy (non-hydrogen) atoms. The van der Waals surface area contributed by atoms with Crippen LogP contribution in [-0.2, 0) is 14.3 Å². The third-order valence-corrected chi connectivity index (χ3v) is 4.01. The number of ether oxygens (including phenoxy) is 2. The van der Waals surface area contributed by atoms with E-state index in [2.05, 4.69) is 0 Å². The van der Waals surface area contributed by atoms with Gasteiger partial charge >= 0.3 is 5.97 Å². The van der Waals surface area contributed by atoms with E-state index < -0.39 is 28.9 Å². The van der Waals surface area contributed by atoms with Crippen LogP contribution in [0.2, 0.25) is 0 Å². The number of nitro benzene ring substituents is 1. The number of carboxylic acids is 1. The monoisotopic (exact) mass is 293 g/mol. The summed E-state index contributed by atoms with van der Waals surface area (Å²) < 4.78 is 11.5. The SMILES string of the molecule is O=C(O)C1OC2(CCCC2)OC1c1ccccc1[N+](=O)[O-]. The van der Waals surface area contributed by atoms with Gasteiger partial charge in [-0.2, -0.15) is 0 Å². The fourth-order valence-electron chi connectivity index (χ4n) is 3.06. The van der Waals surface area contributed by atoms with Crippen LogP contribution in [-0.4, -0.2) is 27.9 Å². The van der Waals surface area contributed by atoms with E-state index in [0.717, 1.165) is 12.8 Å². The number of carbonyl (C=O) groups is 1. The molecule has 2 unspecified atom stereocenters. The molecule has 3 rings (SSSR count). The smallest absolute Gasteiger partial charge is 0.336 e. The Kier molecular flexibility index (Phi) is 3.38. The summed E-state index contributed by atoms with van der Waals surface area (Å²) in [5.74, 6) is -2.07. The summed E-state index contributed by atoms with van der Waals surface area (Å²) in [5, 5.41) is 20.5. The lowest BCUT2D eigenvalue weighted by Crippen LogP contribution is -2.29. The van der Waals surface area contributed by atoms with Gasteiger partial charge in [-0.25, -0.2) is 4.79 Å². The molecule has 7 heteroatoms. The number of aliphatic carboxylic acids is 1. The fourth-order valence-corrected chi connectivity index (χ4v) is 3.06. The van der Waals surface area contributed by atoms with Gasteiger partial charge in [0.25, 0.3) is 5.69 Å². The van der Waals surface area contributed by atoms with E-state index in [4.69, 9.17) is 9.47 Å². The highest BCUT2D eigenvalue weighted by atomic mass is 16.8. The first-order valence-corrected chi connectivity index (χ1v) is 6.84. The van der Waals surface area contributed by atoms with Gasteiger partial charge in [0.05, 0.1) is 10.5 Å². The molecule has 1 saturated carbocycles. The largest absolute Gasteiger partial charge is 0.479 e. The van der Waals surface area contributed by atoms with E-state index in [-0.39, 0.29) is 11.3 Å². The van der Waals surface area contributed by atoms with Crippen molar-refractivity contribution in [3.05, 3.63) is 39.9 Å². The first-order chi connectivity index (χ1) is 10.0. The Balaban J connectivity index is 2.00. The van der Waals surface area contributed by atoms with Crippen LogP contribution in [0.3, 0.4) is 0 Å². The molecule has 0 amide bonds. The zero-order valence-corrected chi connectivity index (χ0v) is 11.2. The Morgan fingerprint density at radius 1 is 1.29 bits per heavy atom. The zero-order valence-electron chi connectivity index (χ0n) is 11.2. The van der Waals surface area contributed by atoms with E-state index in [0.29, 0.717) is 12.8 Å². The maximum atomic E-state index is 11.4. The van der Waals surface area contributed by atoms with Crippen LogP contribution in [0.25, 0.3) is 0 Å². The van der Waals surface area contributed by atoms with Crippen molar-refractivity contribution in [2.24, 2.45) is 0 Å². The Morgan fingerprint density at radius 2 is 1.95 bits per heavy atom. The molecule has 2 atom stereocenters. The molecule has 7 nitrogen and oxygen atoms in total. The van der Waals surface area contributed by atoms with Crippen molar-refractivity contribution in [1.82, 2.24) is 0 Å². The maximum Gasteiger partial charge on any atom is 0.336 e. The van der Waals surface area contributed by atoms with Crippen molar-refractivity contribution >= 4 is 11.7 Å². The Bertz CT molecular complexity index is 581. The molecule has 1 N–H and O–H groups in total. The average Bonchev–Trinajstić information content (AvgIpc) is 3.07. The molecule has 1 aromatic rings. The Morgan fingerprint density at radius 3 is 2.57 bits per heavy atom. The minimum absolute atomic E-state index is 0.146. The topological polar surface area (TPSA) is 98.9 Å². The highest BCUT2D eigenvalue weighted by Gasteiger charge is 2.53. The summed E-state index contributed by atoms with van der Waals surface area (Å²) in [7, 11) is 0. The van der Waals surface area contributed by atoms with Gasteiger partial charge in [-0.3, -0.25) is 10.1 Å². The third kappa shape index (κ3) is 2.38. The van der Waals surface area contributed by atoms with Crippen molar-refractivity contribution < 1.29 is 24.3 Å². The Labute approximate surface area is 120 Å². The van der Waals surface area contributed by atoms with Gasteiger partial charge in [0.2, 0.25) is 0 Å². The predicted molar refractivity (Wildman–Crippen MR) is 70.6 cm³/mol. The lowest BCUT2D eigenvalue weighted by molar-refractivity contribution is -0.386. The summed E-state index contributed by atoms with van der Waals surface area (Å²) in [4.78, 5) is 22.0. The first kappa shape index (κ1) is 14.0. The molecule has 1 aliphatic carbocycles. The minimum Gasteiger partial charge on any atom is -0.479 e. The number of para-hydroxylation sites is 1. The summed E-state index contributed by atoms with van der Waals surface area (Å²) in [6.45, 7) is 0. The molecule has 1 aliphatic heterocycles. The number of hydrogen-bond acceptors (Lipinski definition) is 5. The summed E-state index contributed by atoms with van der Waals surface area (Å²) in [6, 6.07) is 6.04. The fraction of sp³-hybridized carbons (Fsp3) is 0.500. The molecule has 0 aromatic heterocycles. The molecule has 2 fully saturated rings. The molecule has 1 aromatic carbocycles. The van der Waals surface area contributed by atoms with Crippen LogP contribution in [0.5, 0.6) is 0 Å². The van der Waals surface area contributed by atoms with Crippen LogP contribution >= 0.6 is 0 Å². The van der Waals surface area contributed by atoms with Crippen molar-refractivity contribution in [2.45, 2.75) is 43.7 Å². The summed E-state index contributed by atoms with van der Waals surface area (Å²) >= 11 is 0. The quantitative estimate of drug-likeness (QED) is 0.678. The van der Waals surface area contributed by atoms with E-state index >= 15 is 0 Å². The number of carboxylic acid groups (broad SMARTS) is 1. The van der Waals surface area contributed by atoms with Crippen molar-refractivity contribution in [2.75, 3.05) is 0 Å². The van der Waals surface area contributed by atoms with Crippen LogP contribution in [0, 0.1) is 10.1 Å². The van der Waals surface area contributed by atoms with Gasteiger partial charge in [-0.05, 0) is 18.9 Å². The second-order valence-corrected chi connectivity index (χ2v) is 5.35. The number of nitro groups is 1. The molecular formula is C14H15NO6.